The molecule has 1 N–H and O–H groups in total. The second-order valence-electron chi connectivity index (χ2n) is 4.85. The molecular formula is C15H13ClFNO5. The molecule has 122 valence electrons. The first-order valence-electron chi connectivity index (χ1n) is 6.63. The highest BCUT2D eigenvalue weighted by Crippen LogP contribution is 2.23. The van der Waals surface area contributed by atoms with Crippen LogP contribution in [0.5, 0.6) is 0 Å². The van der Waals surface area contributed by atoms with Crippen LogP contribution in [0.15, 0.2) is 29.6 Å². The van der Waals surface area contributed by atoms with Crippen LogP contribution >= 0.6 is 11.6 Å². The van der Waals surface area contributed by atoms with Gasteiger partial charge in [-0.3, -0.25) is 4.79 Å². The molecule has 0 saturated carbocycles. The molecule has 1 aliphatic heterocycles. The van der Waals surface area contributed by atoms with Crippen molar-refractivity contribution in [3.63, 3.8) is 0 Å². The topological polar surface area (TPSA) is 83.9 Å². The second-order valence-corrected chi connectivity index (χ2v) is 5.26. The standard InChI is InChI=1S/C15H13ClFNO5/c1-23-15(22)10-6-8(2-3-11(10)16)13(19)18-5-4-9(14(20)21)12(17)7-18/h2-3,6H,4-5,7H2,1H3,(H,20,21). The van der Waals surface area contributed by atoms with Crippen LogP contribution in [0.4, 0.5) is 4.39 Å². The largest absolute Gasteiger partial charge is 0.478 e. The van der Waals surface area contributed by atoms with Crippen LogP contribution in [0.25, 0.3) is 0 Å². The van der Waals surface area contributed by atoms with Gasteiger partial charge in [0, 0.05) is 12.1 Å². The number of carbonyl (C=O) groups excluding carboxylic acids is 2. The van der Waals surface area contributed by atoms with Crippen molar-refractivity contribution in [2.24, 2.45) is 0 Å². The number of nitrogens with zero attached hydrogens (tertiary/aromatic N) is 1. The fraction of sp³-hybridized carbons (Fsp3) is 0.267. The van der Waals surface area contributed by atoms with Gasteiger partial charge in [0.1, 0.15) is 5.83 Å². The third-order valence-corrected chi connectivity index (χ3v) is 3.78. The summed E-state index contributed by atoms with van der Waals surface area (Å²) in [6, 6.07) is 4.05. The van der Waals surface area contributed by atoms with E-state index in [-0.39, 0.29) is 34.7 Å². The average molecular weight is 342 g/mol. The Kier molecular flexibility index (Phi) is 5.00. The normalized spacial score (nSPS) is 14.7. The summed E-state index contributed by atoms with van der Waals surface area (Å²) in [4.78, 5) is 36.0. The molecule has 8 heteroatoms. The highest BCUT2D eigenvalue weighted by atomic mass is 35.5. The van der Waals surface area contributed by atoms with E-state index in [1.54, 1.807) is 0 Å². The Morgan fingerprint density at radius 1 is 1.35 bits per heavy atom. The lowest BCUT2D eigenvalue weighted by Gasteiger charge is -2.26. The summed E-state index contributed by atoms with van der Waals surface area (Å²) in [5, 5.41) is 8.97. The van der Waals surface area contributed by atoms with Gasteiger partial charge in [0.25, 0.3) is 5.91 Å². The highest BCUT2D eigenvalue weighted by Gasteiger charge is 2.27. The van der Waals surface area contributed by atoms with Crippen molar-refractivity contribution in [2.75, 3.05) is 20.2 Å². The van der Waals surface area contributed by atoms with Crippen molar-refractivity contribution in [3.8, 4) is 0 Å². The number of carbonyl (C=O) groups is 3. The van der Waals surface area contributed by atoms with Gasteiger partial charge < -0.3 is 14.7 Å². The van der Waals surface area contributed by atoms with Gasteiger partial charge in [-0.2, -0.15) is 0 Å². The molecule has 0 spiro atoms. The molecule has 1 aromatic rings. The lowest BCUT2D eigenvalue weighted by Crippen LogP contribution is -2.37. The molecule has 1 heterocycles. The summed E-state index contributed by atoms with van der Waals surface area (Å²) < 4.78 is 18.3. The van der Waals surface area contributed by atoms with Gasteiger partial charge in [0.15, 0.2) is 0 Å². The van der Waals surface area contributed by atoms with Crippen LogP contribution < -0.4 is 0 Å². The summed E-state index contributed by atoms with van der Waals surface area (Å²) in [5.41, 5.74) is -0.152. The molecule has 0 unspecified atom stereocenters. The van der Waals surface area contributed by atoms with Gasteiger partial charge in [-0.15, -0.1) is 0 Å². The average Bonchev–Trinajstić information content (AvgIpc) is 2.53. The summed E-state index contributed by atoms with van der Waals surface area (Å²) in [6.45, 7) is -0.347. The van der Waals surface area contributed by atoms with Crippen LogP contribution in [0, 0.1) is 0 Å². The number of esters is 1. The van der Waals surface area contributed by atoms with Crippen LogP contribution in [-0.2, 0) is 9.53 Å². The molecule has 0 saturated heterocycles. The third kappa shape index (κ3) is 3.50. The molecule has 1 amide bonds. The Bertz CT molecular complexity index is 716. The van der Waals surface area contributed by atoms with E-state index in [0.29, 0.717) is 0 Å². The van der Waals surface area contributed by atoms with Crippen molar-refractivity contribution in [1.29, 1.82) is 0 Å². The molecule has 1 aliphatic rings. The Morgan fingerprint density at radius 3 is 2.61 bits per heavy atom. The van der Waals surface area contributed by atoms with Crippen molar-refractivity contribution >= 4 is 29.4 Å². The Balaban J connectivity index is 2.25. The molecular weight excluding hydrogens is 329 g/mol. The number of halogens is 2. The Labute approximate surface area is 136 Å². The molecule has 23 heavy (non-hydrogen) atoms. The van der Waals surface area contributed by atoms with Crippen LogP contribution in [0.3, 0.4) is 0 Å². The van der Waals surface area contributed by atoms with Gasteiger partial charge in [-0.25, -0.2) is 14.0 Å². The number of benzene rings is 1. The minimum Gasteiger partial charge on any atom is -0.478 e. The van der Waals surface area contributed by atoms with Gasteiger partial charge in [-0.1, -0.05) is 11.6 Å². The van der Waals surface area contributed by atoms with E-state index < -0.39 is 30.2 Å². The zero-order valence-electron chi connectivity index (χ0n) is 12.1. The molecule has 0 radical (unpaired) electrons. The number of carboxylic acids is 1. The van der Waals surface area contributed by atoms with E-state index in [9.17, 15) is 18.8 Å². The Hall–Kier alpha value is -2.41. The predicted molar refractivity (Wildman–Crippen MR) is 79.1 cm³/mol. The number of carboxylic acid groups (broad SMARTS) is 1. The predicted octanol–water partition coefficient (Wildman–Crippen LogP) is 2.28. The molecule has 0 bridgehead atoms. The molecule has 0 fully saturated rings. The SMILES string of the molecule is COC(=O)c1cc(C(=O)N2CCC(C(=O)O)=C(F)C2)ccc1Cl. The lowest BCUT2D eigenvalue weighted by atomic mass is 10.0. The van der Waals surface area contributed by atoms with Gasteiger partial charge >= 0.3 is 11.9 Å². The van der Waals surface area contributed by atoms with Crippen molar-refractivity contribution < 1.29 is 28.6 Å². The van der Waals surface area contributed by atoms with Crippen molar-refractivity contribution in [3.05, 3.63) is 45.7 Å². The van der Waals surface area contributed by atoms with Crippen molar-refractivity contribution in [2.45, 2.75) is 6.42 Å². The number of aliphatic carboxylic acids is 1. The fourth-order valence-corrected chi connectivity index (χ4v) is 2.42. The van der Waals surface area contributed by atoms with E-state index in [1.165, 1.54) is 30.2 Å². The molecule has 1 aromatic carbocycles. The summed E-state index contributed by atoms with van der Waals surface area (Å²) >= 11 is 5.88. The first-order chi connectivity index (χ1) is 10.8. The maximum Gasteiger partial charge on any atom is 0.339 e. The molecule has 0 aliphatic carbocycles. The molecule has 2 rings (SSSR count). The van der Waals surface area contributed by atoms with E-state index in [0.717, 1.165) is 0 Å². The summed E-state index contributed by atoms with van der Waals surface area (Å²) in [7, 11) is 1.19. The first kappa shape index (κ1) is 17.0. The van der Waals surface area contributed by atoms with E-state index in [1.807, 2.05) is 0 Å². The van der Waals surface area contributed by atoms with E-state index >= 15 is 0 Å². The molecule has 0 aromatic heterocycles. The van der Waals surface area contributed by atoms with Crippen molar-refractivity contribution in [1.82, 2.24) is 4.90 Å². The zero-order valence-corrected chi connectivity index (χ0v) is 12.9. The summed E-state index contributed by atoms with van der Waals surface area (Å²) in [5.74, 6) is -3.39. The second kappa shape index (κ2) is 6.78. The van der Waals surface area contributed by atoms with Crippen LogP contribution in [0.2, 0.25) is 5.02 Å². The fourth-order valence-electron chi connectivity index (χ4n) is 2.23. The maximum absolute atomic E-state index is 13.8. The summed E-state index contributed by atoms with van der Waals surface area (Å²) in [6.07, 6.45) is -0.0790. The van der Waals surface area contributed by atoms with Gasteiger partial charge in [0.05, 0.1) is 29.8 Å². The molecule has 6 nitrogen and oxygen atoms in total. The Morgan fingerprint density at radius 2 is 2.04 bits per heavy atom. The van der Waals surface area contributed by atoms with E-state index in [4.69, 9.17) is 16.7 Å². The van der Waals surface area contributed by atoms with Crippen LogP contribution in [-0.4, -0.2) is 48.1 Å². The zero-order chi connectivity index (χ0) is 17.1. The number of hydrogen-bond acceptors (Lipinski definition) is 4. The minimum absolute atomic E-state index is 0.0271. The minimum atomic E-state index is -1.32. The lowest BCUT2D eigenvalue weighted by molar-refractivity contribution is -0.133. The van der Waals surface area contributed by atoms with Crippen LogP contribution in [0.1, 0.15) is 27.1 Å². The smallest absolute Gasteiger partial charge is 0.339 e. The number of rotatable bonds is 3. The van der Waals surface area contributed by atoms with Gasteiger partial charge in [-0.05, 0) is 24.6 Å². The first-order valence-corrected chi connectivity index (χ1v) is 7.01. The number of ether oxygens (including phenoxy) is 1. The van der Waals surface area contributed by atoms with E-state index in [2.05, 4.69) is 4.74 Å². The quantitative estimate of drug-likeness (QED) is 0.853. The monoisotopic (exact) mass is 341 g/mol. The number of methoxy groups -OCH3 is 1. The highest BCUT2D eigenvalue weighted by molar-refractivity contribution is 6.33. The number of hydrogen-bond donors (Lipinski definition) is 1. The molecule has 0 atom stereocenters. The third-order valence-electron chi connectivity index (χ3n) is 3.45. The van der Waals surface area contributed by atoms with Gasteiger partial charge in [0.2, 0.25) is 0 Å². The number of amides is 1. The maximum atomic E-state index is 13.8.